The standard InChI is InChI=1S/C16H23NO4S2/c1-4-17(13-9-10-23(19,20)11-13)16(18)12(2)21-14-5-7-15(22-3)8-6-14/h5-8,12-13H,4,9-11H2,1-3H3/t12-,13-/m1/s1. The quantitative estimate of drug-likeness (QED) is 0.731. The molecule has 0 radical (unpaired) electrons. The topological polar surface area (TPSA) is 63.7 Å². The third kappa shape index (κ3) is 4.64. The van der Waals surface area contributed by atoms with E-state index in [1.807, 2.05) is 37.4 Å². The van der Waals surface area contributed by atoms with Crippen LogP contribution in [0, 0.1) is 0 Å². The first-order valence-electron chi connectivity index (χ1n) is 7.68. The van der Waals surface area contributed by atoms with Gasteiger partial charge in [-0.3, -0.25) is 4.79 Å². The first-order chi connectivity index (χ1) is 10.9. The molecule has 1 heterocycles. The zero-order chi connectivity index (χ0) is 17.0. The molecule has 5 nitrogen and oxygen atoms in total. The minimum atomic E-state index is -3.01. The van der Waals surface area contributed by atoms with E-state index in [1.54, 1.807) is 23.6 Å². The molecule has 1 amide bonds. The van der Waals surface area contributed by atoms with E-state index in [9.17, 15) is 13.2 Å². The lowest BCUT2D eigenvalue weighted by atomic mass is 10.2. The van der Waals surface area contributed by atoms with Gasteiger partial charge in [-0.05, 0) is 50.8 Å². The Bertz CT molecular complexity index is 643. The molecule has 1 aliphatic heterocycles. The van der Waals surface area contributed by atoms with Gasteiger partial charge >= 0.3 is 0 Å². The summed E-state index contributed by atoms with van der Waals surface area (Å²) in [7, 11) is -3.01. The molecule has 0 unspecified atom stereocenters. The number of likely N-dealkylation sites (N-methyl/N-ethyl adjacent to an activating group) is 1. The van der Waals surface area contributed by atoms with Gasteiger partial charge in [0.1, 0.15) is 5.75 Å². The molecule has 0 aliphatic carbocycles. The van der Waals surface area contributed by atoms with Gasteiger partial charge in [-0.1, -0.05) is 0 Å². The fourth-order valence-electron chi connectivity index (χ4n) is 2.76. The van der Waals surface area contributed by atoms with E-state index in [-0.39, 0.29) is 23.5 Å². The van der Waals surface area contributed by atoms with Crippen LogP contribution in [0.3, 0.4) is 0 Å². The number of benzene rings is 1. The minimum Gasteiger partial charge on any atom is -0.481 e. The molecule has 0 spiro atoms. The third-order valence-corrected chi connectivity index (χ3v) is 6.49. The number of sulfone groups is 1. The van der Waals surface area contributed by atoms with Crippen LogP contribution in [-0.2, 0) is 14.6 Å². The maximum atomic E-state index is 12.6. The highest BCUT2D eigenvalue weighted by Crippen LogP contribution is 2.22. The van der Waals surface area contributed by atoms with Crippen molar-refractivity contribution in [3.05, 3.63) is 24.3 Å². The number of hydrogen-bond acceptors (Lipinski definition) is 5. The molecule has 1 aromatic rings. The summed E-state index contributed by atoms with van der Waals surface area (Å²) in [6, 6.07) is 7.33. The number of nitrogens with zero attached hydrogens (tertiary/aromatic N) is 1. The summed E-state index contributed by atoms with van der Waals surface area (Å²) in [6.45, 7) is 4.05. The van der Waals surface area contributed by atoms with Crippen molar-refractivity contribution in [1.82, 2.24) is 4.90 Å². The summed E-state index contributed by atoms with van der Waals surface area (Å²) < 4.78 is 29.0. The number of amides is 1. The summed E-state index contributed by atoms with van der Waals surface area (Å²) in [6.07, 6.45) is 1.87. The van der Waals surface area contributed by atoms with Crippen molar-refractivity contribution in [1.29, 1.82) is 0 Å². The normalized spacial score (nSPS) is 20.9. The van der Waals surface area contributed by atoms with Crippen LogP contribution in [0.1, 0.15) is 20.3 Å². The van der Waals surface area contributed by atoms with Crippen molar-refractivity contribution in [3.8, 4) is 5.75 Å². The number of rotatable bonds is 6. The smallest absolute Gasteiger partial charge is 0.263 e. The van der Waals surface area contributed by atoms with Crippen molar-refractivity contribution in [2.45, 2.75) is 37.3 Å². The zero-order valence-electron chi connectivity index (χ0n) is 13.7. The first kappa shape index (κ1) is 18.1. The van der Waals surface area contributed by atoms with E-state index in [4.69, 9.17) is 4.74 Å². The molecule has 1 fully saturated rings. The van der Waals surface area contributed by atoms with E-state index in [0.29, 0.717) is 18.7 Å². The highest BCUT2D eigenvalue weighted by molar-refractivity contribution is 7.98. The molecule has 23 heavy (non-hydrogen) atoms. The summed E-state index contributed by atoms with van der Waals surface area (Å²) in [5, 5.41) is 0. The third-order valence-electron chi connectivity index (χ3n) is 3.99. The highest BCUT2D eigenvalue weighted by atomic mass is 32.2. The Labute approximate surface area is 142 Å². The van der Waals surface area contributed by atoms with Crippen LogP contribution in [0.15, 0.2) is 29.2 Å². The van der Waals surface area contributed by atoms with Crippen molar-refractivity contribution in [2.24, 2.45) is 0 Å². The summed E-state index contributed by atoms with van der Waals surface area (Å²) in [5.74, 6) is 0.691. The summed E-state index contributed by atoms with van der Waals surface area (Å²) in [4.78, 5) is 15.4. The van der Waals surface area contributed by atoms with Crippen LogP contribution in [0.2, 0.25) is 0 Å². The molecule has 1 saturated heterocycles. The average Bonchev–Trinajstić information content (AvgIpc) is 2.88. The Morgan fingerprint density at radius 3 is 2.52 bits per heavy atom. The Morgan fingerprint density at radius 1 is 1.39 bits per heavy atom. The summed E-state index contributed by atoms with van der Waals surface area (Å²) in [5.41, 5.74) is 0. The average molecular weight is 357 g/mol. The van der Waals surface area contributed by atoms with Gasteiger partial charge in [-0.25, -0.2) is 8.42 Å². The van der Waals surface area contributed by atoms with Gasteiger partial charge in [-0.2, -0.15) is 0 Å². The Balaban J connectivity index is 2.01. The maximum absolute atomic E-state index is 12.6. The first-order valence-corrected chi connectivity index (χ1v) is 10.7. The Kier molecular flexibility index (Phi) is 5.97. The largest absolute Gasteiger partial charge is 0.481 e. The molecule has 1 aromatic carbocycles. The minimum absolute atomic E-state index is 0.0573. The lowest BCUT2D eigenvalue weighted by molar-refractivity contribution is -0.139. The SMILES string of the molecule is CCN(C(=O)[C@@H](C)Oc1ccc(SC)cc1)[C@@H]1CCS(=O)(=O)C1. The molecule has 0 saturated carbocycles. The number of ether oxygens (including phenoxy) is 1. The molecule has 0 aromatic heterocycles. The Morgan fingerprint density at radius 2 is 2.04 bits per heavy atom. The molecule has 2 rings (SSSR count). The van der Waals surface area contributed by atoms with E-state index < -0.39 is 15.9 Å². The molecular formula is C16H23NO4S2. The lowest BCUT2D eigenvalue weighted by Gasteiger charge is -2.29. The van der Waals surface area contributed by atoms with Crippen LogP contribution in [0.4, 0.5) is 0 Å². The predicted octanol–water partition coefficient (Wildman–Crippen LogP) is 2.21. The Hall–Kier alpha value is -1.21. The van der Waals surface area contributed by atoms with E-state index in [0.717, 1.165) is 4.90 Å². The van der Waals surface area contributed by atoms with Gasteiger partial charge in [0.05, 0.1) is 11.5 Å². The molecule has 128 valence electrons. The highest BCUT2D eigenvalue weighted by Gasteiger charge is 2.35. The van der Waals surface area contributed by atoms with Crippen LogP contribution in [0.5, 0.6) is 5.75 Å². The second kappa shape index (κ2) is 7.57. The molecule has 7 heteroatoms. The van der Waals surface area contributed by atoms with Crippen LogP contribution in [0.25, 0.3) is 0 Å². The van der Waals surface area contributed by atoms with Crippen molar-refractivity contribution >= 4 is 27.5 Å². The number of carbonyl (C=O) groups excluding carboxylic acids is 1. The van der Waals surface area contributed by atoms with E-state index in [2.05, 4.69) is 0 Å². The van der Waals surface area contributed by atoms with Gasteiger partial charge in [0.15, 0.2) is 15.9 Å². The fraction of sp³-hybridized carbons (Fsp3) is 0.562. The van der Waals surface area contributed by atoms with Gasteiger partial charge in [0.25, 0.3) is 5.91 Å². The van der Waals surface area contributed by atoms with Gasteiger partial charge < -0.3 is 9.64 Å². The molecular weight excluding hydrogens is 334 g/mol. The maximum Gasteiger partial charge on any atom is 0.263 e. The molecule has 0 N–H and O–H groups in total. The molecule has 1 aliphatic rings. The monoisotopic (exact) mass is 357 g/mol. The van der Waals surface area contributed by atoms with Gasteiger partial charge in [-0.15, -0.1) is 11.8 Å². The molecule has 0 bridgehead atoms. The number of thioether (sulfide) groups is 1. The summed E-state index contributed by atoms with van der Waals surface area (Å²) >= 11 is 1.64. The van der Waals surface area contributed by atoms with Crippen molar-refractivity contribution in [2.75, 3.05) is 24.3 Å². The fourth-order valence-corrected chi connectivity index (χ4v) is 4.90. The van der Waals surface area contributed by atoms with Crippen LogP contribution in [-0.4, -0.2) is 55.7 Å². The lowest BCUT2D eigenvalue weighted by Crippen LogP contribution is -2.46. The van der Waals surface area contributed by atoms with E-state index in [1.165, 1.54) is 0 Å². The second-order valence-corrected chi connectivity index (χ2v) is 8.73. The van der Waals surface area contributed by atoms with Crippen molar-refractivity contribution in [3.63, 3.8) is 0 Å². The molecule has 2 atom stereocenters. The van der Waals surface area contributed by atoms with Gasteiger partial charge in [0, 0.05) is 17.5 Å². The predicted molar refractivity (Wildman–Crippen MR) is 92.8 cm³/mol. The number of carbonyl (C=O) groups is 1. The van der Waals surface area contributed by atoms with Crippen molar-refractivity contribution < 1.29 is 17.9 Å². The van der Waals surface area contributed by atoms with Crippen LogP contribution < -0.4 is 4.74 Å². The van der Waals surface area contributed by atoms with Crippen LogP contribution >= 0.6 is 11.8 Å². The zero-order valence-corrected chi connectivity index (χ0v) is 15.3. The second-order valence-electron chi connectivity index (χ2n) is 5.62. The number of hydrogen-bond donors (Lipinski definition) is 0. The van der Waals surface area contributed by atoms with E-state index >= 15 is 0 Å². The van der Waals surface area contributed by atoms with Gasteiger partial charge in [0.2, 0.25) is 0 Å².